The molecule has 0 saturated heterocycles. The maximum Gasteiger partial charge on any atom is 0.306 e. The summed E-state index contributed by atoms with van der Waals surface area (Å²) in [5, 5.41) is 0. The lowest BCUT2D eigenvalue weighted by Gasteiger charge is -2.18. The highest BCUT2D eigenvalue weighted by molar-refractivity contribution is 5.71. The molecule has 6 nitrogen and oxygen atoms in total. The third-order valence-corrected chi connectivity index (χ3v) is 15.4. The number of ether oxygens (including phenoxy) is 3. The van der Waals surface area contributed by atoms with Crippen LogP contribution in [0.3, 0.4) is 0 Å². The quantitative estimate of drug-likeness (QED) is 0.0261. The minimum Gasteiger partial charge on any atom is -0.462 e. The van der Waals surface area contributed by atoms with E-state index < -0.39 is 6.10 Å². The number of esters is 3. The summed E-state index contributed by atoms with van der Waals surface area (Å²) in [5.74, 6) is -0.887. The highest BCUT2D eigenvalue weighted by atomic mass is 16.6. The molecule has 0 aromatic heterocycles. The van der Waals surface area contributed by atoms with Crippen molar-refractivity contribution in [3.8, 4) is 0 Å². The predicted octanol–water partition coefficient (Wildman–Crippen LogP) is 23.2. The summed E-state index contributed by atoms with van der Waals surface area (Å²) >= 11 is 0. The highest BCUT2D eigenvalue weighted by Gasteiger charge is 2.19. The molecular weight excluding hydrogens is 937 g/mol. The molecular formula is C70H130O6. The molecule has 0 aromatic rings. The Morgan fingerprint density at radius 2 is 0.513 bits per heavy atom. The first-order chi connectivity index (χ1) is 37.5. The Hall–Kier alpha value is -2.37. The molecule has 6 heteroatoms. The van der Waals surface area contributed by atoms with Crippen molar-refractivity contribution in [2.45, 2.75) is 380 Å². The number of carbonyl (C=O) groups is 3. The summed E-state index contributed by atoms with van der Waals surface area (Å²) in [6.45, 7) is 6.55. The average Bonchev–Trinajstić information content (AvgIpc) is 3.42. The van der Waals surface area contributed by atoms with E-state index in [0.717, 1.165) is 83.5 Å². The van der Waals surface area contributed by atoms with E-state index in [1.54, 1.807) is 0 Å². The van der Waals surface area contributed by atoms with Gasteiger partial charge in [-0.1, -0.05) is 340 Å². The fourth-order valence-electron chi connectivity index (χ4n) is 10.3. The first-order valence-electron chi connectivity index (χ1n) is 34.0. The molecule has 0 fully saturated rings. The van der Waals surface area contributed by atoms with Crippen LogP contribution in [0.5, 0.6) is 0 Å². The van der Waals surface area contributed by atoms with Gasteiger partial charge in [-0.25, -0.2) is 0 Å². The van der Waals surface area contributed by atoms with Gasteiger partial charge in [0.15, 0.2) is 6.10 Å². The molecule has 1 atom stereocenters. The molecule has 0 saturated carbocycles. The minimum absolute atomic E-state index is 0.0791. The number of allylic oxidation sites excluding steroid dienone is 6. The van der Waals surface area contributed by atoms with Gasteiger partial charge in [-0.15, -0.1) is 0 Å². The summed E-state index contributed by atoms with van der Waals surface area (Å²) in [7, 11) is 0. The Morgan fingerprint density at radius 1 is 0.276 bits per heavy atom. The van der Waals surface area contributed by atoms with Gasteiger partial charge in [0.25, 0.3) is 0 Å². The van der Waals surface area contributed by atoms with E-state index in [4.69, 9.17) is 14.2 Å². The molecule has 0 spiro atoms. The van der Waals surface area contributed by atoms with Crippen molar-refractivity contribution < 1.29 is 28.6 Å². The number of rotatable bonds is 63. The van der Waals surface area contributed by atoms with E-state index in [1.165, 1.54) is 250 Å². The van der Waals surface area contributed by atoms with Crippen molar-refractivity contribution in [2.75, 3.05) is 13.2 Å². The highest BCUT2D eigenvalue weighted by Crippen LogP contribution is 2.19. The fraction of sp³-hybridized carbons (Fsp3) is 0.871. The van der Waals surface area contributed by atoms with Gasteiger partial charge in [-0.2, -0.15) is 0 Å². The van der Waals surface area contributed by atoms with Crippen LogP contribution < -0.4 is 0 Å². The summed E-state index contributed by atoms with van der Waals surface area (Å²) in [6, 6.07) is 0. The van der Waals surface area contributed by atoms with Crippen molar-refractivity contribution in [2.24, 2.45) is 0 Å². The molecule has 446 valence electrons. The van der Waals surface area contributed by atoms with Crippen LogP contribution in [0, 0.1) is 0 Å². The fourth-order valence-corrected chi connectivity index (χ4v) is 10.3. The molecule has 0 N–H and O–H groups in total. The van der Waals surface area contributed by atoms with E-state index in [2.05, 4.69) is 57.2 Å². The number of hydrogen-bond donors (Lipinski definition) is 0. The van der Waals surface area contributed by atoms with Crippen molar-refractivity contribution >= 4 is 17.9 Å². The maximum absolute atomic E-state index is 12.8. The SMILES string of the molecule is CC/C=C\C/C=C\C/C=C\CCCCCC(=O)OC(COC(=O)CCCCCCCCCCCCCC)COC(=O)CCCCCCCCCCCCCCCCCCCCCCCCCCCCCCCCCCC. The van der Waals surface area contributed by atoms with E-state index >= 15 is 0 Å². The molecule has 0 aliphatic rings. The van der Waals surface area contributed by atoms with Crippen molar-refractivity contribution in [1.29, 1.82) is 0 Å². The largest absolute Gasteiger partial charge is 0.462 e. The first kappa shape index (κ1) is 73.6. The molecule has 1 unspecified atom stereocenters. The Morgan fingerprint density at radius 3 is 0.803 bits per heavy atom. The monoisotopic (exact) mass is 1070 g/mol. The molecule has 0 aliphatic carbocycles. The van der Waals surface area contributed by atoms with E-state index in [-0.39, 0.29) is 31.1 Å². The Labute approximate surface area is 474 Å². The minimum atomic E-state index is -0.783. The van der Waals surface area contributed by atoms with Gasteiger partial charge in [-0.3, -0.25) is 14.4 Å². The van der Waals surface area contributed by atoms with E-state index in [9.17, 15) is 14.4 Å². The average molecular weight is 1070 g/mol. The van der Waals surface area contributed by atoms with E-state index in [1.807, 2.05) is 0 Å². The second-order valence-corrected chi connectivity index (χ2v) is 23.1. The maximum atomic E-state index is 12.8. The summed E-state index contributed by atoms with van der Waals surface area (Å²) < 4.78 is 16.9. The zero-order chi connectivity index (χ0) is 55.0. The van der Waals surface area contributed by atoms with Crippen LogP contribution >= 0.6 is 0 Å². The van der Waals surface area contributed by atoms with Gasteiger partial charge in [0.05, 0.1) is 0 Å². The topological polar surface area (TPSA) is 78.9 Å². The third-order valence-electron chi connectivity index (χ3n) is 15.4. The molecule has 0 rings (SSSR count). The van der Waals surface area contributed by atoms with Crippen LogP contribution in [0.1, 0.15) is 374 Å². The molecule has 0 aromatic carbocycles. The molecule has 0 heterocycles. The van der Waals surface area contributed by atoms with Crippen LogP contribution in [0.25, 0.3) is 0 Å². The predicted molar refractivity (Wildman–Crippen MR) is 330 cm³/mol. The van der Waals surface area contributed by atoms with Crippen LogP contribution in [-0.4, -0.2) is 37.2 Å². The Bertz CT molecular complexity index is 1270. The van der Waals surface area contributed by atoms with Crippen molar-refractivity contribution in [3.63, 3.8) is 0 Å². The molecule has 0 radical (unpaired) electrons. The van der Waals surface area contributed by atoms with Crippen LogP contribution in [0.4, 0.5) is 0 Å². The number of unbranched alkanes of at least 4 members (excludes halogenated alkanes) is 46. The van der Waals surface area contributed by atoms with Gasteiger partial charge >= 0.3 is 17.9 Å². The number of hydrogen-bond acceptors (Lipinski definition) is 6. The first-order valence-corrected chi connectivity index (χ1v) is 34.0. The lowest BCUT2D eigenvalue weighted by atomic mass is 10.0. The molecule has 76 heavy (non-hydrogen) atoms. The lowest BCUT2D eigenvalue weighted by Crippen LogP contribution is -2.30. The Balaban J connectivity index is 4.02. The molecule has 0 aliphatic heterocycles. The van der Waals surface area contributed by atoms with Gasteiger partial charge in [0.1, 0.15) is 13.2 Å². The van der Waals surface area contributed by atoms with Gasteiger partial charge in [0, 0.05) is 19.3 Å². The summed E-state index contributed by atoms with van der Waals surface area (Å²) in [4.78, 5) is 38.2. The molecule has 0 amide bonds. The van der Waals surface area contributed by atoms with Crippen molar-refractivity contribution in [1.82, 2.24) is 0 Å². The second kappa shape index (κ2) is 65.2. The smallest absolute Gasteiger partial charge is 0.306 e. The normalized spacial score (nSPS) is 12.2. The summed E-state index contributed by atoms with van der Waals surface area (Å²) in [5.41, 5.74) is 0. The van der Waals surface area contributed by atoms with E-state index in [0.29, 0.717) is 19.3 Å². The molecule has 0 bridgehead atoms. The third kappa shape index (κ3) is 62.5. The summed E-state index contributed by atoms with van der Waals surface area (Å²) in [6.07, 6.45) is 80.6. The standard InChI is InChI=1S/C70H130O6/c1-4-7-10-13-16-19-22-25-26-27-28-29-30-31-32-33-34-35-36-37-38-39-40-41-42-43-44-46-48-51-54-57-60-63-69(72)75-66-67(65-74-68(71)62-59-56-53-50-47-24-21-18-15-12-9-6-3)76-70(73)64-61-58-55-52-49-45-23-20-17-14-11-8-5-2/h8,11,17,20,45,49,67H,4-7,9-10,12-16,18-19,21-44,46-48,50-66H2,1-3H3/b11-8-,20-17-,49-45-. The van der Waals surface area contributed by atoms with Gasteiger partial charge < -0.3 is 14.2 Å². The van der Waals surface area contributed by atoms with Gasteiger partial charge in [-0.05, 0) is 51.4 Å². The van der Waals surface area contributed by atoms with Crippen LogP contribution in [0.2, 0.25) is 0 Å². The lowest BCUT2D eigenvalue weighted by molar-refractivity contribution is -0.167. The van der Waals surface area contributed by atoms with Crippen molar-refractivity contribution in [3.05, 3.63) is 36.5 Å². The zero-order valence-corrected chi connectivity index (χ0v) is 51.3. The van der Waals surface area contributed by atoms with Crippen LogP contribution in [-0.2, 0) is 28.6 Å². The van der Waals surface area contributed by atoms with Crippen LogP contribution in [0.15, 0.2) is 36.5 Å². The second-order valence-electron chi connectivity index (χ2n) is 23.1. The van der Waals surface area contributed by atoms with Gasteiger partial charge in [0.2, 0.25) is 0 Å². The Kier molecular flexibility index (Phi) is 63.1. The zero-order valence-electron chi connectivity index (χ0n) is 51.3. The number of carbonyl (C=O) groups excluding carboxylic acids is 3.